The van der Waals surface area contributed by atoms with Gasteiger partial charge in [0.15, 0.2) is 0 Å². The molecule has 0 fully saturated rings. The van der Waals surface area contributed by atoms with Gasteiger partial charge in [0.25, 0.3) is 15.9 Å². The second-order valence-corrected chi connectivity index (χ2v) is 8.11. The van der Waals surface area contributed by atoms with Gasteiger partial charge in [-0.3, -0.25) is 9.52 Å². The molecule has 0 saturated carbocycles. The van der Waals surface area contributed by atoms with Gasteiger partial charge < -0.3 is 5.32 Å². The first kappa shape index (κ1) is 18.9. The minimum absolute atomic E-state index is 0.220. The third-order valence-electron chi connectivity index (χ3n) is 3.11. The fourth-order valence-corrected chi connectivity index (χ4v) is 3.06. The van der Waals surface area contributed by atoms with Crippen LogP contribution in [0.5, 0.6) is 0 Å². The SMILES string of the molecule is CC(C)(C)NC(=O)c1ccc(S(=O)(=O)Nc2c(F)cccc2F)cc1. The van der Waals surface area contributed by atoms with Gasteiger partial charge in [0, 0.05) is 11.1 Å². The Kier molecular flexibility index (Phi) is 5.12. The summed E-state index contributed by atoms with van der Waals surface area (Å²) in [7, 11) is -4.20. The highest BCUT2D eigenvalue weighted by atomic mass is 32.2. The maximum atomic E-state index is 13.6. The van der Waals surface area contributed by atoms with E-state index in [1.54, 1.807) is 0 Å². The van der Waals surface area contributed by atoms with E-state index in [9.17, 15) is 22.0 Å². The molecule has 134 valence electrons. The van der Waals surface area contributed by atoms with Crippen molar-refractivity contribution in [2.45, 2.75) is 31.2 Å². The van der Waals surface area contributed by atoms with Crippen LogP contribution in [0.4, 0.5) is 14.5 Å². The van der Waals surface area contributed by atoms with Crippen LogP contribution < -0.4 is 10.0 Å². The number of rotatable bonds is 4. The Morgan fingerprint density at radius 1 is 0.960 bits per heavy atom. The summed E-state index contributed by atoms with van der Waals surface area (Å²) in [5.41, 5.74) is -0.922. The normalized spacial score (nSPS) is 11.9. The summed E-state index contributed by atoms with van der Waals surface area (Å²) in [4.78, 5) is 11.8. The molecule has 0 aliphatic heterocycles. The van der Waals surface area contributed by atoms with E-state index in [1.165, 1.54) is 24.3 Å². The van der Waals surface area contributed by atoms with E-state index >= 15 is 0 Å². The fourth-order valence-electron chi connectivity index (χ4n) is 1.99. The zero-order valence-electron chi connectivity index (χ0n) is 13.9. The van der Waals surface area contributed by atoms with Crippen molar-refractivity contribution < 1.29 is 22.0 Å². The smallest absolute Gasteiger partial charge is 0.262 e. The number of halogens is 2. The minimum Gasteiger partial charge on any atom is -0.347 e. The predicted molar refractivity (Wildman–Crippen MR) is 90.8 cm³/mol. The van der Waals surface area contributed by atoms with Crippen LogP contribution in [0.1, 0.15) is 31.1 Å². The monoisotopic (exact) mass is 368 g/mol. The Bertz CT molecular complexity index is 869. The van der Waals surface area contributed by atoms with Gasteiger partial charge in [0.2, 0.25) is 0 Å². The molecule has 8 heteroatoms. The maximum Gasteiger partial charge on any atom is 0.262 e. The highest BCUT2D eigenvalue weighted by molar-refractivity contribution is 7.92. The Morgan fingerprint density at radius 3 is 1.96 bits per heavy atom. The average Bonchev–Trinajstić information content (AvgIpc) is 2.49. The van der Waals surface area contributed by atoms with Gasteiger partial charge >= 0.3 is 0 Å². The second-order valence-electron chi connectivity index (χ2n) is 6.43. The van der Waals surface area contributed by atoms with Crippen molar-refractivity contribution in [1.29, 1.82) is 0 Å². The maximum absolute atomic E-state index is 13.6. The minimum atomic E-state index is -4.20. The molecule has 0 bridgehead atoms. The molecule has 2 aromatic carbocycles. The Labute approximate surface area is 145 Å². The number of anilines is 1. The van der Waals surface area contributed by atoms with Crippen LogP contribution in [0.3, 0.4) is 0 Å². The lowest BCUT2D eigenvalue weighted by atomic mass is 10.1. The molecule has 0 atom stereocenters. The molecule has 0 spiro atoms. The van der Waals surface area contributed by atoms with Gasteiger partial charge in [-0.15, -0.1) is 0 Å². The second kappa shape index (κ2) is 6.79. The Hall–Kier alpha value is -2.48. The highest BCUT2D eigenvalue weighted by Gasteiger charge is 2.20. The number of hydrogen-bond donors (Lipinski definition) is 2. The van der Waals surface area contributed by atoms with Crippen LogP contribution in [-0.4, -0.2) is 19.9 Å². The van der Waals surface area contributed by atoms with Crippen molar-refractivity contribution in [1.82, 2.24) is 5.32 Å². The number of carbonyl (C=O) groups excluding carboxylic acids is 1. The zero-order valence-corrected chi connectivity index (χ0v) is 14.7. The molecular weight excluding hydrogens is 350 g/mol. The van der Waals surface area contributed by atoms with Gasteiger partial charge in [0.05, 0.1) is 4.90 Å². The van der Waals surface area contributed by atoms with E-state index in [4.69, 9.17) is 0 Å². The van der Waals surface area contributed by atoms with E-state index < -0.39 is 32.9 Å². The molecule has 25 heavy (non-hydrogen) atoms. The van der Waals surface area contributed by atoms with Crippen LogP contribution in [0.25, 0.3) is 0 Å². The van der Waals surface area contributed by atoms with E-state index in [0.29, 0.717) is 0 Å². The van der Waals surface area contributed by atoms with Gasteiger partial charge in [0.1, 0.15) is 17.3 Å². The summed E-state index contributed by atoms with van der Waals surface area (Å²) in [5.74, 6) is -2.40. The van der Waals surface area contributed by atoms with Crippen molar-refractivity contribution >= 4 is 21.6 Å². The molecule has 2 rings (SSSR count). The first-order valence-corrected chi connectivity index (χ1v) is 8.87. The molecule has 0 unspecified atom stereocenters. The Morgan fingerprint density at radius 2 is 1.48 bits per heavy atom. The molecule has 0 aliphatic rings. The van der Waals surface area contributed by atoms with E-state index in [2.05, 4.69) is 5.32 Å². The summed E-state index contributed by atoms with van der Waals surface area (Å²) in [6.45, 7) is 5.45. The fraction of sp³-hybridized carbons (Fsp3) is 0.235. The van der Waals surface area contributed by atoms with Crippen LogP contribution in [0.15, 0.2) is 47.4 Å². The number of para-hydroxylation sites is 1. The molecule has 0 aliphatic carbocycles. The average molecular weight is 368 g/mol. The van der Waals surface area contributed by atoms with Gasteiger partial charge in [-0.1, -0.05) is 6.07 Å². The lowest BCUT2D eigenvalue weighted by molar-refractivity contribution is 0.0919. The standard InChI is InChI=1S/C17H18F2N2O3S/c1-17(2,3)20-16(22)11-7-9-12(10-8-11)25(23,24)21-15-13(18)5-4-6-14(15)19/h4-10,21H,1-3H3,(H,20,22). The number of sulfonamides is 1. The van der Waals surface area contributed by atoms with Crippen molar-refractivity contribution in [3.05, 3.63) is 59.7 Å². The molecule has 0 radical (unpaired) electrons. The molecular formula is C17H18F2N2O3S. The quantitative estimate of drug-likeness (QED) is 0.870. The topological polar surface area (TPSA) is 75.3 Å². The molecule has 0 aromatic heterocycles. The van der Waals surface area contributed by atoms with Crippen LogP contribution in [-0.2, 0) is 10.0 Å². The summed E-state index contributed by atoms with van der Waals surface area (Å²) >= 11 is 0. The molecule has 0 heterocycles. The van der Waals surface area contributed by atoms with Gasteiger partial charge in [-0.25, -0.2) is 17.2 Å². The van der Waals surface area contributed by atoms with Gasteiger partial charge in [-0.05, 0) is 57.2 Å². The van der Waals surface area contributed by atoms with Crippen LogP contribution in [0.2, 0.25) is 0 Å². The molecule has 5 nitrogen and oxygen atoms in total. The molecule has 2 aromatic rings. The lowest BCUT2D eigenvalue weighted by Crippen LogP contribution is -2.40. The summed E-state index contributed by atoms with van der Waals surface area (Å²) in [6, 6.07) is 8.06. The predicted octanol–water partition coefficient (Wildman–Crippen LogP) is 3.29. The van der Waals surface area contributed by atoms with Crippen LogP contribution >= 0.6 is 0 Å². The number of benzene rings is 2. The zero-order chi connectivity index (χ0) is 18.8. The molecule has 1 amide bonds. The summed E-state index contributed by atoms with van der Waals surface area (Å²) < 4.78 is 53.6. The third kappa shape index (κ3) is 4.76. The van der Waals surface area contributed by atoms with Gasteiger partial charge in [-0.2, -0.15) is 0 Å². The van der Waals surface area contributed by atoms with Crippen molar-refractivity contribution in [2.75, 3.05) is 4.72 Å². The van der Waals surface area contributed by atoms with E-state index in [-0.39, 0.29) is 16.4 Å². The first-order valence-electron chi connectivity index (χ1n) is 7.39. The third-order valence-corrected chi connectivity index (χ3v) is 4.48. The largest absolute Gasteiger partial charge is 0.347 e. The van der Waals surface area contributed by atoms with Crippen molar-refractivity contribution in [2.24, 2.45) is 0 Å². The summed E-state index contributed by atoms with van der Waals surface area (Å²) in [6.07, 6.45) is 0. The van der Waals surface area contributed by atoms with Crippen molar-refractivity contribution in [3.63, 3.8) is 0 Å². The Balaban J connectivity index is 2.25. The van der Waals surface area contributed by atoms with Crippen molar-refractivity contribution in [3.8, 4) is 0 Å². The summed E-state index contributed by atoms with van der Waals surface area (Å²) in [5, 5.41) is 2.75. The number of hydrogen-bond acceptors (Lipinski definition) is 3. The molecule has 2 N–H and O–H groups in total. The number of carbonyl (C=O) groups is 1. The molecule has 0 saturated heterocycles. The lowest BCUT2D eigenvalue weighted by Gasteiger charge is -2.20. The number of amides is 1. The highest BCUT2D eigenvalue weighted by Crippen LogP contribution is 2.22. The van der Waals surface area contributed by atoms with E-state index in [1.807, 2.05) is 25.5 Å². The number of nitrogens with one attached hydrogen (secondary N) is 2. The van der Waals surface area contributed by atoms with E-state index in [0.717, 1.165) is 18.2 Å². The van der Waals surface area contributed by atoms with Crippen LogP contribution in [0, 0.1) is 11.6 Å². The first-order chi connectivity index (χ1) is 11.5.